The lowest BCUT2D eigenvalue weighted by Gasteiger charge is -2.43. The molecule has 0 heterocycles. The summed E-state index contributed by atoms with van der Waals surface area (Å²) in [6, 6.07) is 6.62. The molecule has 6 nitrogen and oxygen atoms in total. The van der Waals surface area contributed by atoms with E-state index in [2.05, 4.69) is 29.5 Å². The fourth-order valence-corrected chi connectivity index (χ4v) is 4.18. The molecule has 0 atom stereocenters. The lowest BCUT2D eigenvalue weighted by molar-refractivity contribution is 0.104. The van der Waals surface area contributed by atoms with E-state index >= 15 is 0 Å². The van der Waals surface area contributed by atoms with E-state index in [1.54, 1.807) is 12.1 Å². The monoisotopic (exact) mass is 508 g/mol. The standard InChI is InChI=1S/C19H32N4O2S.HI/c1-4-21-18(23-14-19(9-6-10-19)12-15(2)3)22-13-16-7-5-8-17(11-16)26(20,24)25;/h5,7-8,11,15H,4,6,9-10,12-14H2,1-3H3,(H2,20,24,25)(H2,21,22,23);1H. The number of benzene rings is 1. The summed E-state index contributed by atoms with van der Waals surface area (Å²) in [6.07, 6.45) is 5.08. The summed E-state index contributed by atoms with van der Waals surface area (Å²) in [7, 11) is -3.69. The van der Waals surface area contributed by atoms with Gasteiger partial charge < -0.3 is 10.6 Å². The maximum Gasteiger partial charge on any atom is 0.238 e. The van der Waals surface area contributed by atoms with Crippen LogP contribution in [0, 0.1) is 11.3 Å². The predicted molar refractivity (Wildman–Crippen MR) is 122 cm³/mol. The van der Waals surface area contributed by atoms with E-state index in [4.69, 9.17) is 5.14 Å². The number of nitrogens with two attached hydrogens (primary N) is 1. The largest absolute Gasteiger partial charge is 0.357 e. The van der Waals surface area contributed by atoms with Gasteiger partial charge in [-0.3, -0.25) is 0 Å². The molecule has 1 fully saturated rings. The normalized spacial score (nSPS) is 16.4. The molecule has 0 aromatic heterocycles. The van der Waals surface area contributed by atoms with Gasteiger partial charge in [-0.25, -0.2) is 18.5 Å². The molecule has 154 valence electrons. The highest BCUT2D eigenvalue weighted by molar-refractivity contribution is 14.0. The molecule has 0 unspecified atom stereocenters. The van der Waals surface area contributed by atoms with E-state index in [-0.39, 0.29) is 28.9 Å². The van der Waals surface area contributed by atoms with E-state index in [0.29, 0.717) is 17.9 Å². The minimum Gasteiger partial charge on any atom is -0.357 e. The Morgan fingerprint density at radius 3 is 2.52 bits per heavy atom. The lowest BCUT2D eigenvalue weighted by Crippen LogP contribution is -2.47. The molecule has 0 bridgehead atoms. The van der Waals surface area contributed by atoms with Gasteiger partial charge in [0.2, 0.25) is 10.0 Å². The molecule has 0 radical (unpaired) electrons. The van der Waals surface area contributed by atoms with Crippen LogP contribution in [0.1, 0.15) is 52.0 Å². The lowest BCUT2D eigenvalue weighted by atomic mass is 9.64. The van der Waals surface area contributed by atoms with E-state index in [1.165, 1.54) is 31.7 Å². The first kappa shape index (κ1) is 24.2. The van der Waals surface area contributed by atoms with Gasteiger partial charge in [0.15, 0.2) is 5.96 Å². The Bertz CT molecular complexity index is 731. The van der Waals surface area contributed by atoms with Crippen LogP contribution in [0.5, 0.6) is 0 Å². The summed E-state index contributed by atoms with van der Waals surface area (Å²) in [6.45, 7) is 8.69. The smallest absolute Gasteiger partial charge is 0.238 e. The van der Waals surface area contributed by atoms with Crippen LogP contribution in [0.2, 0.25) is 0 Å². The van der Waals surface area contributed by atoms with Crippen molar-refractivity contribution in [2.24, 2.45) is 21.5 Å². The number of nitrogens with zero attached hydrogens (tertiary/aromatic N) is 1. The Hall–Kier alpha value is -0.870. The highest BCUT2D eigenvalue weighted by Crippen LogP contribution is 2.45. The average Bonchev–Trinajstić information content (AvgIpc) is 2.53. The minimum atomic E-state index is -3.69. The molecule has 0 saturated heterocycles. The number of halogens is 1. The van der Waals surface area contributed by atoms with E-state index in [1.807, 2.05) is 13.0 Å². The number of aliphatic imine (C=N–C) groups is 1. The second-order valence-electron chi connectivity index (χ2n) is 7.69. The zero-order chi connectivity index (χ0) is 19.2. The Morgan fingerprint density at radius 2 is 2.00 bits per heavy atom. The molecule has 1 aromatic rings. The number of nitrogens with one attached hydrogen (secondary N) is 2. The highest BCUT2D eigenvalue weighted by atomic mass is 127. The Morgan fingerprint density at radius 1 is 1.30 bits per heavy atom. The fraction of sp³-hybridized carbons (Fsp3) is 0.632. The third-order valence-electron chi connectivity index (χ3n) is 4.88. The first-order chi connectivity index (χ1) is 12.2. The first-order valence-electron chi connectivity index (χ1n) is 9.38. The second-order valence-corrected chi connectivity index (χ2v) is 9.25. The third kappa shape index (κ3) is 7.57. The number of hydrogen-bond acceptors (Lipinski definition) is 3. The van der Waals surface area contributed by atoms with Crippen molar-refractivity contribution in [3.63, 3.8) is 0 Å². The van der Waals surface area contributed by atoms with Crippen LogP contribution in [-0.2, 0) is 16.6 Å². The van der Waals surface area contributed by atoms with Crippen LogP contribution in [0.15, 0.2) is 34.2 Å². The van der Waals surface area contributed by atoms with Crippen molar-refractivity contribution < 1.29 is 8.42 Å². The summed E-state index contributed by atoms with van der Waals surface area (Å²) in [5.74, 6) is 1.46. The van der Waals surface area contributed by atoms with E-state index < -0.39 is 10.0 Å². The molecule has 8 heteroatoms. The van der Waals surface area contributed by atoms with Gasteiger partial charge in [0.05, 0.1) is 11.4 Å². The number of primary sulfonamides is 1. The number of hydrogen-bond donors (Lipinski definition) is 3. The van der Waals surface area contributed by atoms with Crippen molar-refractivity contribution in [1.82, 2.24) is 10.6 Å². The number of guanidine groups is 1. The van der Waals surface area contributed by atoms with Crippen molar-refractivity contribution in [3.05, 3.63) is 29.8 Å². The average molecular weight is 508 g/mol. The van der Waals surface area contributed by atoms with Crippen molar-refractivity contribution in [1.29, 1.82) is 0 Å². The van der Waals surface area contributed by atoms with Gasteiger partial charge in [0.1, 0.15) is 0 Å². The van der Waals surface area contributed by atoms with E-state index in [9.17, 15) is 8.42 Å². The quantitative estimate of drug-likeness (QED) is 0.286. The molecule has 2 rings (SSSR count). The van der Waals surface area contributed by atoms with Crippen molar-refractivity contribution in [2.45, 2.75) is 57.9 Å². The molecule has 4 N–H and O–H groups in total. The molecular formula is C19H33IN4O2S. The summed E-state index contributed by atoms with van der Waals surface area (Å²) < 4.78 is 23.0. The molecule has 1 saturated carbocycles. The first-order valence-corrected chi connectivity index (χ1v) is 10.9. The summed E-state index contributed by atoms with van der Waals surface area (Å²) in [4.78, 5) is 4.73. The maximum atomic E-state index is 11.5. The molecular weight excluding hydrogens is 475 g/mol. The molecule has 0 amide bonds. The molecule has 1 aliphatic rings. The second kappa shape index (κ2) is 10.6. The molecule has 1 aliphatic carbocycles. The summed E-state index contributed by atoms with van der Waals surface area (Å²) >= 11 is 0. The van der Waals surface area contributed by atoms with Gasteiger partial charge in [0, 0.05) is 13.1 Å². The fourth-order valence-electron chi connectivity index (χ4n) is 3.60. The summed E-state index contributed by atoms with van der Waals surface area (Å²) in [5.41, 5.74) is 1.20. The van der Waals surface area contributed by atoms with Crippen LogP contribution >= 0.6 is 24.0 Å². The van der Waals surface area contributed by atoms with Crippen molar-refractivity contribution >= 4 is 40.0 Å². The van der Waals surface area contributed by atoms with E-state index in [0.717, 1.165) is 24.6 Å². The molecule has 0 aliphatic heterocycles. The number of rotatable bonds is 8. The Kier molecular flexibility index (Phi) is 9.50. The van der Waals surface area contributed by atoms with Crippen LogP contribution in [0.4, 0.5) is 0 Å². The minimum absolute atomic E-state index is 0. The Labute approximate surface area is 180 Å². The van der Waals surface area contributed by atoms with Crippen LogP contribution < -0.4 is 15.8 Å². The molecule has 0 spiro atoms. The summed E-state index contributed by atoms with van der Waals surface area (Å²) in [5, 5.41) is 11.9. The zero-order valence-electron chi connectivity index (χ0n) is 16.5. The van der Waals surface area contributed by atoms with Crippen LogP contribution in [0.25, 0.3) is 0 Å². The zero-order valence-corrected chi connectivity index (χ0v) is 19.6. The van der Waals surface area contributed by atoms with Crippen molar-refractivity contribution in [3.8, 4) is 0 Å². The van der Waals surface area contributed by atoms with Gasteiger partial charge in [-0.1, -0.05) is 32.4 Å². The molecule has 27 heavy (non-hydrogen) atoms. The highest BCUT2D eigenvalue weighted by Gasteiger charge is 2.37. The SMILES string of the molecule is CCNC(=NCc1cccc(S(N)(=O)=O)c1)NCC1(CC(C)C)CCC1.I. The van der Waals surface area contributed by atoms with Gasteiger partial charge >= 0.3 is 0 Å². The predicted octanol–water partition coefficient (Wildman–Crippen LogP) is 3.22. The van der Waals surface area contributed by atoms with Crippen LogP contribution in [-0.4, -0.2) is 27.5 Å². The topological polar surface area (TPSA) is 96.6 Å². The van der Waals surface area contributed by atoms with Gasteiger partial charge in [-0.15, -0.1) is 24.0 Å². The Balaban J connectivity index is 0.00000364. The van der Waals surface area contributed by atoms with Crippen molar-refractivity contribution in [2.75, 3.05) is 13.1 Å². The van der Waals surface area contributed by atoms with Gasteiger partial charge in [-0.2, -0.15) is 0 Å². The maximum absolute atomic E-state index is 11.5. The molecule has 1 aromatic carbocycles. The number of sulfonamides is 1. The van der Waals surface area contributed by atoms with Gasteiger partial charge in [-0.05, 0) is 55.2 Å². The van der Waals surface area contributed by atoms with Crippen LogP contribution in [0.3, 0.4) is 0 Å². The van der Waals surface area contributed by atoms with Gasteiger partial charge in [0.25, 0.3) is 0 Å². The third-order valence-corrected chi connectivity index (χ3v) is 5.79.